The fourth-order valence-corrected chi connectivity index (χ4v) is 11.4. The van der Waals surface area contributed by atoms with Gasteiger partial charge in [-0.1, -0.05) is 235 Å². The summed E-state index contributed by atoms with van der Waals surface area (Å²) >= 11 is 0. The minimum atomic E-state index is -1.42. The topological polar surface area (TPSA) is 356 Å². The van der Waals surface area contributed by atoms with Crippen LogP contribution in [0.2, 0.25) is 0 Å². The van der Waals surface area contributed by atoms with Crippen LogP contribution in [-0.4, -0.2) is 120 Å². The van der Waals surface area contributed by atoms with Crippen molar-refractivity contribution in [1.82, 2.24) is 58.5 Å². The molecule has 0 aliphatic heterocycles. The summed E-state index contributed by atoms with van der Waals surface area (Å²) in [4.78, 5) is 174. The van der Waals surface area contributed by atoms with Crippen molar-refractivity contribution in [3.05, 3.63) is 208 Å². The van der Waals surface area contributed by atoms with E-state index in [4.69, 9.17) is 9.47 Å². The smallest absolute Gasteiger partial charge is 0.408 e. The van der Waals surface area contributed by atoms with Gasteiger partial charge in [0.25, 0.3) is 29.5 Å². The number of hydrogen-bond acceptors (Lipinski definition) is 14. The zero-order valence-electron chi connectivity index (χ0n) is 67.2. The monoisotopic (exact) mass is 1540 g/mol. The maximum absolute atomic E-state index is 15.1. The zero-order valence-corrected chi connectivity index (χ0v) is 67.2. The van der Waals surface area contributed by atoms with Gasteiger partial charge in [-0.05, 0) is 153 Å². The molecule has 5 aromatic rings. The molecule has 5 aromatic carbocycles. The van der Waals surface area contributed by atoms with Crippen molar-refractivity contribution < 1.29 is 67.0 Å². The van der Waals surface area contributed by atoms with E-state index < -0.39 is 113 Å². The maximum atomic E-state index is 15.1. The van der Waals surface area contributed by atoms with Gasteiger partial charge in [0.15, 0.2) is 0 Å². The van der Waals surface area contributed by atoms with Crippen molar-refractivity contribution in [2.45, 2.75) is 184 Å². The number of carbonyl (C=O) groups excluding carboxylic acids is 12. The van der Waals surface area contributed by atoms with Crippen molar-refractivity contribution in [3.63, 3.8) is 0 Å². The third kappa shape index (κ3) is 33.2. The van der Waals surface area contributed by atoms with E-state index in [1.54, 1.807) is 172 Å². The normalized spacial score (nSPS) is 13.8. The van der Waals surface area contributed by atoms with E-state index in [0.717, 1.165) is 0 Å². The molecule has 600 valence electrons. The highest BCUT2D eigenvalue weighted by Gasteiger charge is 2.35. The van der Waals surface area contributed by atoms with Crippen molar-refractivity contribution in [3.8, 4) is 0 Å². The summed E-state index contributed by atoms with van der Waals surface area (Å²) in [6, 6.07) is 35.1. The quantitative estimate of drug-likeness (QED) is 0.0129. The third-order valence-corrected chi connectivity index (χ3v) is 16.6. The first-order valence-electron chi connectivity index (χ1n) is 38.0. The summed E-state index contributed by atoms with van der Waals surface area (Å²) in [5.41, 5.74) is -0.0157. The Balaban J connectivity index is 1.48. The first-order valence-corrected chi connectivity index (χ1v) is 38.0. The van der Waals surface area contributed by atoms with Crippen LogP contribution in [0.5, 0.6) is 0 Å². The third-order valence-electron chi connectivity index (χ3n) is 16.6. The molecular weight excluding hydrogens is 1420 g/mol. The molecule has 0 spiro atoms. The highest BCUT2D eigenvalue weighted by Crippen LogP contribution is 2.20. The first-order chi connectivity index (χ1) is 52.9. The van der Waals surface area contributed by atoms with Gasteiger partial charge < -0.3 is 68.0 Å². The van der Waals surface area contributed by atoms with Crippen LogP contribution in [0.3, 0.4) is 0 Å². The maximum Gasteiger partial charge on any atom is 0.408 e. The van der Waals surface area contributed by atoms with Crippen LogP contribution < -0.4 is 58.5 Å². The number of amides is 11. The van der Waals surface area contributed by atoms with E-state index in [2.05, 4.69) is 58.5 Å². The predicted octanol–water partition coefficient (Wildman–Crippen LogP) is 10.5. The standard InChI is InChI=1S/C87H113N11O14/c1-53(2)42-64(89-81(105)70(49-60-34-24-18-25-35-60)94-77(101)66(44-55(5)6)91-83(107)72(51-62-38-28-20-29-39-62)96-79(103)68(46-57(9)10)98-86(110)112-87(13,14)15)75(99)92-69(48-59-32-22-17-23-33-59)80(104)88-65(43-54(3)4)76(100)93-71(50-61-36-26-19-27-37-61)82(106)90-67(45-56(7)8)78(102)95-73(52-63-40-30-21-31-41-63)84(108)97-74(47-58(11)12)85(109)111-16/h17-41,48-58,64-68,74H,42-47H2,1-16H3,(H,88,104)(H,89,105)(H,90,106)(H,91,107)(H,92,99)(H,93,100)(H,94,101)(H,95,102)(H,96,103)(H,97,108)(H,98,110)/b69-48-,70-49-,71-50-,72-51+,73-52-/t64-,65-,66-,67-,68-,74-/m0/s1. The number of rotatable bonds is 39. The summed E-state index contributed by atoms with van der Waals surface area (Å²) in [7, 11) is 1.20. The molecule has 0 bridgehead atoms. The van der Waals surface area contributed by atoms with Crippen LogP contribution >= 0.6 is 0 Å². The summed E-state index contributed by atoms with van der Waals surface area (Å²) in [6.07, 6.45) is 6.60. The number of alkyl carbamates (subject to hydrolysis) is 1. The van der Waals surface area contributed by atoms with Gasteiger partial charge in [-0.25, -0.2) is 9.59 Å². The number of benzene rings is 5. The fraction of sp³-hybridized carbons (Fsp3) is 0.402. The summed E-state index contributed by atoms with van der Waals surface area (Å²) < 4.78 is 10.5. The number of nitrogens with one attached hydrogen (secondary N) is 11. The van der Waals surface area contributed by atoms with E-state index in [1.165, 1.54) is 37.5 Å². The van der Waals surface area contributed by atoms with Crippen molar-refractivity contribution in [2.24, 2.45) is 35.5 Å². The first kappa shape index (κ1) is 90.9. The number of ether oxygens (including phenoxy) is 2. The average molecular weight is 1540 g/mol. The highest BCUT2D eigenvalue weighted by molar-refractivity contribution is 6.10. The Morgan fingerprint density at radius 2 is 0.464 bits per heavy atom. The Morgan fingerprint density at radius 3 is 0.643 bits per heavy atom. The van der Waals surface area contributed by atoms with E-state index >= 15 is 19.2 Å². The van der Waals surface area contributed by atoms with Crippen molar-refractivity contribution in [1.29, 1.82) is 0 Å². The summed E-state index contributed by atoms with van der Waals surface area (Å²) in [5.74, 6) is -10.5. The van der Waals surface area contributed by atoms with E-state index in [-0.39, 0.29) is 103 Å². The van der Waals surface area contributed by atoms with Gasteiger partial charge in [0, 0.05) is 0 Å². The second-order valence-corrected chi connectivity index (χ2v) is 30.9. The van der Waals surface area contributed by atoms with Crippen LogP contribution in [0.15, 0.2) is 180 Å². The lowest BCUT2D eigenvalue weighted by molar-refractivity contribution is -0.145. The minimum Gasteiger partial charge on any atom is -0.467 e. The van der Waals surface area contributed by atoms with E-state index in [1.807, 2.05) is 83.1 Å². The van der Waals surface area contributed by atoms with Gasteiger partial charge in [-0.3, -0.25) is 47.9 Å². The Labute approximate surface area is 658 Å². The molecular formula is C87H113N11O14. The zero-order chi connectivity index (χ0) is 82.8. The van der Waals surface area contributed by atoms with E-state index in [9.17, 15) is 38.4 Å². The molecule has 0 aliphatic rings. The molecule has 0 radical (unpaired) electrons. The number of esters is 1. The lowest BCUT2D eigenvalue weighted by Crippen LogP contribution is -2.54. The second-order valence-electron chi connectivity index (χ2n) is 30.9. The van der Waals surface area contributed by atoms with Gasteiger partial charge in [0.1, 0.15) is 70.3 Å². The molecule has 0 aliphatic carbocycles. The molecule has 0 saturated heterocycles. The largest absolute Gasteiger partial charge is 0.467 e. The molecule has 112 heavy (non-hydrogen) atoms. The van der Waals surface area contributed by atoms with Crippen LogP contribution in [0.1, 0.15) is 170 Å². The van der Waals surface area contributed by atoms with Gasteiger partial charge in [-0.2, -0.15) is 0 Å². The van der Waals surface area contributed by atoms with E-state index in [0.29, 0.717) is 27.8 Å². The SMILES string of the molecule is COC(=O)[C@H](CC(C)C)NC(=O)/C(=C/c1ccccc1)NC(=O)[C@H](CC(C)C)NC(=O)/C(=C/c1ccccc1)NC(=O)[C@H](CC(C)C)NC(=O)/C(=C/c1ccccc1)NC(=O)[C@H](CC(C)C)NC(=O)/C(=C/c1ccccc1)NC(=O)[C@H](CC(C)C)NC(=O)/C(=C\c1ccccc1)NC(=O)[C@H](CC(C)C)NC(=O)OC(C)(C)C. The summed E-state index contributed by atoms with van der Waals surface area (Å²) in [5, 5.41) is 30.0. The molecule has 5 rings (SSSR count). The van der Waals surface area contributed by atoms with Gasteiger partial charge in [-0.15, -0.1) is 0 Å². The average Bonchev–Trinajstić information content (AvgIpc) is 0.850. The van der Waals surface area contributed by atoms with Crippen LogP contribution in [-0.2, 0) is 62.2 Å². The highest BCUT2D eigenvalue weighted by atomic mass is 16.6. The molecule has 0 aromatic heterocycles. The molecule has 0 heterocycles. The molecule has 0 saturated carbocycles. The fourth-order valence-electron chi connectivity index (χ4n) is 11.4. The van der Waals surface area contributed by atoms with Crippen LogP contribution in [0.4, 0.5) is 4.79 Å². The predicted molar refractivity (Wildman–Crippen MR) is 434 cm³/mol. The van der Waals surface area contributed by atoms with Gasteiger partial charge in [0.2, 0.25) is 29.5 Å². The second kappa shape index (κ2) is 45.4. The van der Waals surface area contributed by atoms with Gasteiger partial charge in [0.05, 0.1) is 7.11 Å². The summed E-state index contributed by atoms with van der Waals surface area (Å²) in [6.45, 7) is 27.0. The van der Waals surface area contributed by atoms with Crippen molar-refractivity contribution in [2.75, 3.05) is 7.11 Å². The van der Waals surface area contributed by atoms with Gasteiger partial charge >= 0.3 is 12.1 Å². The Bertz CT molecular complexity index is 4170. The molecule has 0 fully saturated rings. The Hall–Kier alpha value is -11.8. The van der Waals surface area contributed by atoms with Crippen LogP contribution in [0, 0.1) is 35.5 Å². The lowest BCUT2D eigenvalue weighted by Gasteiger charge is -2.26. The molecule has 11 amide bonds. The minimum absolute atomic E-state index is 0.0125. The molecule has 11 N–H and O–H groups in total. The number of hydrogen-bond donors (Lipinski definition) is 11. The Kier molecular flexibility index (Phi) is 36.8. The number of carbonyl (C=O) groups is 12. The molecule has 0 unspecified atom stereocenters. The Morgan fingerprint density at radius 1 is 0.286 bits per heavy atom. The van der Waals surface area contributed by atoms with Crippen LogP contribution in [0.25, 0.3) is 30.4 Å². The molecule has 6 atom stereocenters. The van der Waals surface area contributed by atoms with Crippen molar-refractivity contribution >= 4 is 102 Å². The number of methoxy groups -OCH3 is 1. The lowest BCUT2D eigenvalue weighted by atomic mass is 10.0. The molecule has 25 nitrogen and oxygen atoms in total. The molecule has 25 heteroatoms.